The third-order valence-corrected chi connectivity index (χ3v) is 4.21. The van der Waals surface area contributed by atoms with Gasteiger partial charge in [-0.15, -0.1) is 0 Å². The molecule has 2 fully saturated rings. The summed E-state index contributed by atoms with van der Waals surface area (Å²) < 4.78 is 5.37. The van der Waals surface area contributed by atoms with Gasteiger partial charge in [0.05, 0.1) is 5.60 Å². The highest BCUT2D eigenvalue weighted by Crippen LogP contribution is 2.23. The van der Waals surface area contributed by atoms with Gasteiger partial charge in [-0.3, -0.25) is 0 Å². The van der Waals surface area contributed by atoms with Crippen LogP contribution in [0.1, 0.15) is 45.4 Å². The molecule has 2 saturated heterocycles. The molecule has 0 amide bonds. The predicted octanol–water partition coefficient (Wildman–Crippen LogP) is 2.04. The molecule has 0 aromatic carbocycles. The molecule has 0 aromatic rings. The van der Waals surface area contributed by atoms with Crippen LogP contribution in [0.2, 0.25) is 0 Å². The molecule has 3 nitrogen and oxygen atoms in total. The Morgan fingerprint density at radius 2 is 2.06 bits per heavy atom. The second kappa shape index (κ2) is 6.17. The number of rotatable bonds is 5. The molecular weight excluding hydrogens is 214 g/mol. The van der Waals surface area contributed by atoms with Crippen LogP contribution in [0, 0.1) is 5.92 Å². The molecule has 0 aromatic heterocycles. The lowest BCUT2D eigenvalue weighted by Gasteiger charge is -2.22. The molecule has 0 aliphatic carbocycles. The van der Waals surface area contributed by atoms with Crippen molar-refractivity contribution >= 4 is 0 Å². The first-order valence-electron chi connectivity index (χ1n) is 7.18. The third-order valence-electron chi connectivity index (χ3n) is 4.21. The van der Waals surface area contributed by atoms with Gasteiger partial charge in [-0.1, -0.05) is 12.8 Å². The van der Waals surface area contributed by atoms with E-state index in [9.17, 15) is 5.11 Å². The number of β-amino-alcohol motifs (C(OH)–C–C–N with tert-alkyl or cyclic N) is 1. The van der Waals surface area contributed by atoms with Crippen LogP contribution in [0.15, 0.2) is 0 Å². The molecule has 0 saturated carbocycles. The molecule has 1 atom stereocenters. The Morgan fingerprint density at radius 3 is 2.71 bits per heavy atom. The Bertz CT molecular complexity index is 224. The van der Waals surface area contributed by atoms with E-state index in [4.69, 9.17) is 4.74 Å². The van der Waals surface area contributed by atoms with E-state index in [1.165, 1.54) is 38.6 Å². The lowest BCUT2D eigenvalue weighted by Crippen LogP contribution is -2.30. The average Bonchev–Trinajstić information content (AvgIpc) is 2.66. The summed E-state index contributed by atoms with van der Waals surface area (Å²) in [5.41, 5.74) is -0.430. The van der Waals surface area contributed by atoms with Crippen LogP contribution >= 0.6 is 0 Å². The van der Waals surface area contributed by atoms with E-state index in [2.05, 4.69) is 4.90 Å². The minimum absolute atomic E-state index is 0.430. The van der Waals surface area contributed by atoms with E-state index in [1.807, 2.05) is 6.92 Å². The standard InChI is InChI=1S/C14H27NO2/c1-14(16)7-9-15(12-14)8-3-2-4-13-5-10-17-11-6-13/h13,16H,2-12H2,1H3. The van der Waals surface area contributed by atoms with Gasteiger partial charge in [0.1, 0.15) is 0 Å². The Kier molecular flexibility index (Phi) is 4.83. The van der Waals surface area contributed by atoms with Gasteiger partial charge >= 0.3 is 0 Å². The van der Waals surface area contributed by atoms with Crippen LogP contribution in [0.5, 0.6) is 0 Å². The highest BCUT2D eigenvalue weighted by atomic mass is 16.5. The molecule has 0 bridgehead atoms. The highest BCUT2D eigenvalue weighted by molar-refractivity contribution is 4.85. The molecular formula is C14H27NO2. The first-order chi connectivity index (χ1) is 8.16. The average molecular weight is 241 g/mol. The highest BCUT2D eigenvalue weighted by Gasteiger charge is 2.30. The van der Waals surface area contributed by atoms with E-state index in [1.54, 1.807) is 0 Å². The fourth-order valence-electron chi connectivity index (χ4n) is 3.03. The van der Waals surface area contributed by atoms with Crippen LogP contribution in [0.25, 0.3) is 0 Å². The number of aliphatic hydroxyl groups is 1. The summed E-state index contributed by atoms with van der Waals surface area (Å²) in [5, 5.41) is 9.87. The normalized spacial score (nSPS) is 32.1. The van der Waals surface area contributed by atoms with Gasteiger partial charge in [0.25, 0.3) is 0 Å². The SMILES string of the molecule is CC1(O)CCN(CCCCC2CCOCC2)C1. The van der Waals surface area contributed by atoms with E-state index in [-0.39, 0.29) is 0 Å². The Labute approximate surface area is 105 Å². The van der Waals surface area contributed by atoms with E-state index in [0.717, 1.165) is 38.6 Å². The molecule has 2 aliphatic heterocycles. The van der Waals surface area contributed by atoms with Gasteiger partial charge in [-0.05, 0) is 45.1 Å². The first-order valence-corrected chi connectivity index (χ1v) is 7.18. The fourth-order valence-corrected chi connectivity index (χ4v) is 3.03. The Morgan fingerprint density at radius 1 is 1.29 bits per heavy atom. The summed E-state index contributed by atoms with van der Waals surface area (Å²) in [4.78, 5) is 2.41. The molecule has 2 heterocycles. The minimum atomic E-state index is -0.430. The zero-order valence-electron chi connectivity index (χ0n) is 11.2. The van der Waals surface area contributed by atoms with E-state index >= 15 is 0 Å². The van der Waals surface area contributed by atoms with Crippen LogP contribution in [-0.4, -0.2) is 48.5 Å². The number of unbranched alkanes of at least 4 members (excludes halogenated alkanes) is 1. The molecule has 0 spiro atoms. The molecule has 2 aliphatic rings. The van der Waals surface area contributed by atoms with Gasteiger partial charge in [-0.2, -0.15) is 0 Å². The van der Waals surface area contributed by atoms with Gasteiger partial charge in [0.15, 0.2) is 0 Å². The quantitative estimate of drug-likeness (QED) is 0.748. The maximum absolute atomic E-state index is 9.87. The van der Waals surface area contributed by atoms with Crippen molar-refractivity contribution in [3.63, 3.8) is 0 Å². The first kappa shape index (κ1) is 13.3. The summed E-state index contributed by atoms with van der Waals surface area (Å²) in [7, 11) is 0. The topological polar surface area (TPSA) is 32.7 Å². The summed E-state index contributed by atoms with van der Waals surface area (Å²) in [5.74, 6) is 0.908. The van der Waals surface area contributed by atoms with E-state index < -0.39 is 5.60 Å². The second-order valence-electron chi connectivity index (χ2n) is 6.07. The largest absolute Gasteiger partial charge is 0.389 e. The summed E-state index contributed by atoms with van der Waals surface area (Å²) in [6, 6.07) is 0. The van der Waals surface area contributed by atoms with Gasteiger partial charge in [0, 0.05) is 26.3 Å². The lowest BCUT2D eigenvalue weighted by molar-refractivity contribution is 0.0617. The van der Waals surface area contributed by atoms with Crippen LogP contribution in [-0.2, 0) is 4.74 Å². The van der Waals surface area contributed by atoms with Crippen LogP contribution in [0.4, 0.5) is 0 Å². The number of ether oxygens (including phenoxy) is 1. The number of nitrogens with zero attached hydrogens (tertiary/aromatic N) is 1. The van der Waals surface area contributed by atoms with Crippen molar-refractivity contribution < 1.29 is 9.84 Å². The van der Waals surface area contributed by atoms with Crippen molar-refractivity contribution in [2.75, 3.05) is 32.8 Å². The van der Waals surface area contributed by atoms with Crippen molar-refractivity contribution in [1.29, 1.82) is 0 Å². The molecule has 1 unspecified atom stereocenters. The molecule has 1 N–H and O–H groups in total. The minimum Gasteiger partial charge on any atom is -0.389 e. The molecule has 17 heavy (non-hydrogen) atoms. The second-order valence-corrected chi connectivity index (χ2v) is 6.07. The maximum Gasteiger partial charge on any atom is 0.0758 e. The smallest absolute Gasteiger partial charge is 0.0758 e. The lowest BCUT2D eigenvalue weighted by atomic mass is 9.94. The fraction of sp³-hybridized carbons (Fsp3) is 1.00. The summed E-state index contributed by atoms with van der Waals surface area (Å²) >= 11 is 0. The summed E-state index contributed by atoms with van der Waals surface area (Å²) in [6.07, 6.45) is 7.45. The number of likely N-dealkylation sites (tertiary alicyclic amines) is 1. The van der Waals surface area contributed by atoms with Crippen molar-refractivity contribution in [2.45, 2.75) is 51.0 Å². The van der Waals surface area contributed by atoms with Gasteiger partial charge in [0.2, 0.25) is 0 Å². The Balaban J connectivity index is 1.51. The predicted molar refractivity (Wildman–Crippen MR) is 69.1 cm³/mol. The monoisotopic (exact) mass is 241 g/mol. The molecule has 0 radical (unpaired) electrons. The van der Waals surface area contributed by atoms with Gasteiger partial charge < -0.3 is 14.7 Å². The molecule has 2 rings (SSSR count). The number of hydrogen-bond donors (Lipinski definition) is 1. The Hall–Kier alpha value is -0.120. The van der Waals surface area contributed by atoms with Crippen molar-refractivity contribution in [3.8, 4) is 0 Å². The molecule has 3 heteroatoms. The zero-order valence-corrected chi connectivity index (χ0v) is 11.2. The third kappa shape index (κ3) is 4.57. The van der Waals surface area contributed by atoms with Gasteiger partial charge in [-0.25, -0.2) is 0 Å². The number of hydrogen-bond acceptors (Lipinski definition) is 3. The summed E-state index contributed by atoms with van der Waals surface area (Å²) in [6.45, 7) is 7.00. The zero-order chi connectivity index (χ0) is 12.1. The van der Waals surface area contributed by atoms with Crippen molar-refractivity contribution in [3.05, 3.63) is 0 Å². The van der Waals surface area contributed by atoms with Crippen molar-refractivity contribution in [2.24, 2.45) is 5.92 Å². The van der Waals surface area contributed by atoms with Crippen LogP contribution in [0.3, 0.4) is 0 Å². The van der Waals surface area contributed by atoms with E-state index in [0.29, 0.717) is 0 Å². The van der Waals surface area contributed by atoms with Crippen molar-refractivity contribution in [1.82, 2.24) is 4.90 Å². The molecule has 100 valence electrons. The van der Waals surface area contributed by atoms with Crippen LogP contribution < -0.4 is 0 Å². The maximum atomic E-state index is 9.87.